The molecule has 5 nitrogen and oxygen atoms in total. The molecule has 3 atom stereocenters. The first-order chi connectivity index (χ1) is 19.0. The molecule has 3 aliphatic rings. The molecular formula is C34H47N3O2. The average Bonchev–Trinajstić information content (AvgIpc) is 3.33. The quantitative estimate of drug-likeness (QED) is 0.356. The summed E-state index contributed by atoms with van der Waals surface area (Å²) in [6.07, 6.45) is 6.16. The molecule has 5 rings (SSSR count). The number of ether oxygens (including phenoxy) is 1. The van der Waals surface area contributed by atoms with Gasteiger partial charge in [-0.05, 0) is 63.0 Å². The zero-order valence-electron chi connectivity index (χ0n) is 24.0. The minimum absolute atomic E-state index is 0.104. The lowest BCUT2D eigenvalue weighted by Crippen LogP contribution is -2.53. The van der Waals surface area contributed by atoms with Crippen LogP contribution in [0.15, 0.2) is 72.8 Å². The summed E-state index contributed by atoms with van der Waals surface area (Å²) < 4.78 is 5.75. The minimum atomic E-state index is -0.145. The van der Waals surface area contributed by atoms with Crippen molar-refractivity contribution in [1.29, 1.82) is 0 Å². The molecule has 0 N–H and O–H groups in total. The highest BCUT2D eigenvalue weighted by molar-refractivity contribution is 5.69. The van der Waals surface area contributed by atoms with Gasteiger partial charge >= 0.3 is 6.09 Å². The predicted molar refractivity (Wildman–Crippen MR) is 159 cm³/mol. The number of rotatable bonds is 8. The number of carbonyl (C=O) groups excluding carboxylic acids is 1. The Morgan fingerprint density at radius 3 is 2.31 bits per heavy atom. The fourth-order valence-electron chi connectivity index (χ4n) is 7.10. The number of hydrogen-bond donors (Lipinski definition) is 0. The van der Waals surface area contributed by atoms with Crippen molar-refractivity contribution in [2.24, 2.45) is 5.92 Å². The largest absolute Gasteiger partial charge is 0.447 e. The molecule has 2 heterocycles. The highest BCUT2D eigenvalue weighted by Crippen LogP contribution is 2.36. The van der Waals surface area contributed by atoms with Gasteiger partial charge in [0.15, 0.2) is 0 Å². The molecule has 5 heteroatoms. The summed E-state index contributed by atoms with van der Waals surface area (Å²) in [7, 11) is 0. The van der Waals surface area contributed by atoms with Gasteiger partial charge in [0.25, 0.3) is 0 Å². The molecule has 3 fully saturated rings. The maximum Gasteiger partial charge on any atom is 0.410 e. The molecule has 2 aromatic rings. The van der Waals surface area contributed by atoms with E-state index in [0.29, 0.717) is 11.8 Å². The van der Waals surface area contributed by atoms with E-state index in [4.69, 9.17) is 4.74 Å². The molecule has 3 unspecified atom stereocenters. The third-order valence-corrected chi connectivity index (χ3v) is 9.02. The molecule has 0 radical (unpaired) electrons. The van der Waals surface area contributed by atoms with E-state index in [9.17, 15) is 4.79 Å². The van der Waals surface area contributed by atoms with Crippen LogP contribution in [0.2, 0.25) is 0 Å². The van der Waals surface area contributed by atoms with Crippen molar-refractivity contribution < 1.29 is 9.53 Å². The van der Waals surface area contributed by atoms with E-state index in [-0.39, 0.29) is 24.3 Å². The highest BCUT2D eigenvalue weighted by Gasteiger charge is 2.39. The number of benzene rings is 2. The van der Waals surface area contributed by atoms with Crippen LogP contribution in [0.4, 0.5) is 4.79 Å². The van der Waals surface area contributed by atoms with Gasteiger partial charge < -0.3 is 9.64 Å². The molecule has 2 aromatic carbocycles. The van der Waals surface area contributed by atoms with Crippen LogP contribution in [-0.4, -0.2) is 71.7 Å². The normalized spacial score (nSPS) is 25.2. The molecule has 210 valence electrons. The van der Waals surface area contributed by atoms with Crippen LogP contribution in [0, 0.1) is 5.92 Å². The van der Waals surface area contributed by atoms with Gasteiger partial charge in [0.05, 0.1) is 12.1 Å². The lowest BCUT2D eigenvalue weighted by atomic mass is 9.87. The molecule has 1 aliphatic carbocycles. The number of carbonyl (C=O) groups is 1. The molecule has 0 spiro atoms. The van der Waals surface area contributed by atoms with Crippen LogP contribution in [-0.2, 0) is 11.3 Å². The Balaban J connectivity index is 1.23. The smallest absolute Gasteiger partial charge is 0.410 e. The number of hydrogen-bond acceptors (Lipinski definition) is 4. The van der Waals surface area contributed by atoms with Crippen LogP contribution in [0.25, 0.3) is 0 Å². The van der Waals surface area contributed by atoms with Gasteiger partial charge in [-0.15, -0.1) is 0 Å². The maximum atomic E-state index is 13.3. The first-order valence-electron chi connectivity index (χ1n) is 15.2. The van der Waals surface area contributed by atoms with Crippen LogP contribution < -0.4 is 0 Å². The van der Waals surface area contributed by atoms with Crippen molar-refractivity contribution in [3.63, 3.8) is 0 Å². The van der Waals surface area contributed by atoms with Crippen LogP contribution in [0.3, 0.4) is 0 Å². The fraction of sp³-hybridized carbons (Fsp3) is 0.559. The summed E-state index contributed by atoms with van der Waals surface area (Å²) >= 11 is 0. The van der Waals surface area contributed by atoms with E-state index in [1.165, 1.54) is 23.1 Å². The summed E-state index contributed by atoms with van der Waals surface area (Å²) in [6, 6.07) is 22.3. The van der Waals surface area contributed by atoms with Crippen LogP contribution >= 0.6 is 0 Å². The van der Waals surface area contributed by atoms with Crippen LogP contribution in [0.5, 0.6) is 0 Å². The standard InChI is InChI=1S/C34H47N3O2/c1-26(2)39-34(38)37(33-17-11-10-12-27(33)3)31-18-20-35(21-19-31)23-30-24-36(22-28-13-6-4-7-14-28)25-32(30)29-15-8-5-9-16-29/h4-9,13-16,26,30-33H,3,10-12,17-25H2,1-2H3. The zero-order valence-corrected chi connectivity index (χ0v) is 24.0. The Morgan fingerprint density at radius 2 is 1.64 bits per heavy atom. The van der Waals surface area contributed by atoms with Crippen molar-refractivity contribution >= 4 is 6.09 Å². The molecule has 1 amide bonds. The van der Waals surface area contributed by atoms with Gasteiger partial charge in [0.2, 0.25) is 0 Å². The number of piperidine rings is 1. The lowest BCUT2D eigenvalue weighted by Gasteiger charge is -2.44. The first-order valence-corrected chi connectivity index (χ1v) is 15.2. The number of likely N-dealkylation sites (tertiary alicyclic amines) is 2. The number of amides is 1. The Hall–Kier alpha value is -2.63. The second-order valence-corrected chi connectivity index (χ2v) is 12.2. The molecular weight excluding hydrogens is 482 g/mol. The number of nitrogens with zero attached hydrogens (tertiary/aromatic N) is 3. The molecule has 0 aromatic heterocycles. The van der Waals surface area contributed by atoms with Crippen molar-refractivity contribution in [2.45, 2.75) is 83.0 Å². The Labute approximate surface area is 235 Å². The Morgan fingerprint density at radius 1 is 0.949 bits per heavy atom. The molecule has 1 saturated carbocycles. The van der Waals surface area contributed by atoms with E-state index >= 15 is 0 Å². The van der Waals surface area contributed by atoms with E-state index in [2.05, 4.69) is 81.9 Å². The molecule has 2 aliphatic heterocycles. The second kappa shape index (κ2) is 13.1. The lowest BCUT2D eigenvalue weighted by molar-refractivity contribution is 0.0295. The minimum Gasteiger partial charge on any atom is -0.447 e. The van der Waals surface area contributed by atoms with Gasteiger partial charge in [0.1, 0.15) is 0 Å². The third kappa shape index (κ3) is 7.12. The van der Waals surface area contributed by atoms with Gasteiger partial charge in [-0.2, -0.15) is 0 Å². The monoisotopic (exact) mass is 529 g/mol. The van der Waals surface area contributed by atoms with Gasteiger partial charge in [-0.1, -0.05) is 79.2 Å². The molecule has 0 bridgehead atoms. The topological polar surface area (TPSA) is 36.0 Å². The third-order valence-electron chi connectivity index (χ3n) is 9.02. The van der Waals surface area contributed by atoms with Crippen molar-refractivity contribution in [3.8, 4) is 0 Å². The van der Waals surface area contributed by atoms with E-state index < -0.39 is 0 Å². The van der Waals surface area contributed by atoms with E-state index in [0.717, 1.165) is 71.4 Å². The maximum absolute atomic E-state index is 13.3. The van der Waals surface area contributed by atoms with Gasteiger partial charge in [-0.25, -0.2) is 4.79 Å². The van der Waals surface area contributed by atoms with Crippen LogP contribution in [0.1, 0.15) is 69.4 Å². The summed E-state index contributed by atoms with van der Waals surface area (Å²) in [5, 5.41) is 0. The van der Waals surface area contributed by atoms with Gasteiger partial charge in [-0.3, -0.25) is 9.80 Å². The summed E-state index contributed by atoms with van der Waals surface area (Å²) in [4.78, 5) is 20.7. The van der Waals surface area contributed by atoms with Crippen molar-refractivity contribution in [2.75, 3.05) is 32.7 Å². The van der Waals surface area contributed by atoms with Gasteiger partial charge in [0, 0.05) is 51.2 Å². The van der Waals surface area contributed by atoms with Crippen molar-refractivity contribution in [1.82, 2.24) is 14.7 Å². The zero-order chi connectivity index (χ0) is 27.2. The molecule has 39 heavy (non-hydrogen) atoms. The Bertz CT molecular complexity index is 1060. The summed E-state index contributed by atoms with van der Waals surface area (Å²) in [5.74, 6) is 1.16. The fourth-order valence-corrected chi connectivity index (χ4v) is 7.10. The summed E-state index contributed by atoms with van der Waals surface area (Å²) in [5.41, 5.74) is 4.06. The van der Waals surface area contributed by atoms with E-state index in [1.807, 2.05) is 13.8 Å². The summed E-state index contributed by atoms with van der Waals surface area (Å²) in [6.45, 7) is 14.7. The predicted octanol–water partition coefficient (Wildman–Crippen LogP) is 6.71. The molecule has 2 saturated heterocycles. The average molecular weight is 530 g/mol. The SMILES string of the molecule is C=C1CCCCC1N(C(=O)OC(C)C)C1CCN(CC2CN(Cc3ccccc3)CC2c2ccccc2)CC1. The highest BCUT2D eigenvalue weighted by atomic mass is 16.6. The second-order valence-electron chi connectivity index (χ2n) is 12.2. The van der Waals surface area contributed by atoms with Crippen molar-refractivity contribution in [3.05, 3.63) is 83.9 Å². The van der Waals surface area contributed by atoms with E-state index in [1.54, 1.807) is 0 Å². The first kappa shape index (κ1) is 27.9. The Kier molecular flexibility index (Phi) is 9.41.